The average Bonchev–Trinajstić information content (AvgIpc) is 2.74. The molecule has 2 aromatic carbocycles. The van der Waals surface area contributed by atoms with Gasteiger partial charge in [-0.05, 0) is 49.4 Å². The maximum Gasteiger partial charge on any atom is 0.243 e. The zero-order valence-electron chi connectivity index (χ0n) is 19.0. The summed E-state index contributed by atoms with van der Waals surface area (Å²) >= 11 is 0. The van der Waals surface area contributed by atoms with Gasteiger partial charge in [-0.1, -0.05) is 6.07 Å². The molecule has 0 fully saturated rings. The summed E-state index contributed by atoms with van der Waals surface area (Å²) in [5, 5.41) is 2.77. The highest BCUT2D eigenvalue weighted by atomic mass is 16.5. The third kappa shape index (κ3) is 6.89. The number of amides is 2. The van der Waals surface area contributed by atoms with Gasteiger partial charge in [-0.15, -0.1) is 0 Å². The molecule has 0 aliphatic rings. The van der Waals surface area contributed by atoms with Crippen molar-refractivity contribution in [2.75, 3.05) is 53.8 Å². The van der Waals surface area contributed by atoms with Crippen LogP contribution in [0.4, 0.5) is 5.69 Å². The molecule has 2 aromatic rings. The molecule has 0 radical (unpaired) electrons. The summed E-state index contributed by atoms with van der Waals surface area (Å²) in [7, 11) is 8.23. The largest absolute Gasteiger partial charge is 0.497 e. The average molecular weight is 430 g/mol. The van der Waals surface area contributed by atoms with Gasteiger partial charge >= 0.3 is 0 Å². The van der Waals surface area contributed by atoms with Crippen LogP contribution in [0.5, 0.6) is 17.2 Å². The molecule has 2 amide bonds. The van der Waals surface area contributed by atoms with E-state index in [9.17, 15) is 9.59 Å². The fourth-order valence-electron chi connectivity index (χ4n) is 3.10. The molecule has 0 bridgehead atoms. The van der Waals surface area contributed by atoms with Crippen molar-refractivity contribution >= 4 is 17.5 Å². The van der Waals surface area contributed by atoms with Crippen LogP contribution in [-0.2, 0) is 16.1 Å². The Morgan fingerprint density at radius 2 is 1.61 bits per heavy atom. The maximum atomic E-state index is 12.6. The van der Waals surface area contributed by atoms with Crippen LogP contribution in [0.3, 0.4) is 0 Å². The lowest BCUT2D eigenvalue weighted by molar-refractivity contribution is -0.134. The van der Waals surface area contributed by atoms with E-state index in [0.29, 0.717) is 29.5 Å². The number of carbonyl (C=O) groups excluding carboxylic acids is 2. The summed E-state index contributed by atoms with van der Waals surface area (Å²) < 4.78 is 15.8. The van der Waals surface area contributed by atoms with Gasteiger partial charge in [0.15, 0.2) is 11.5 Å². The summed E-state index contributed by atoms with van der Waals surface area (Å²) in [5.41, 5.74) is 2.69. The van der Waals surface area contributed by atoms with Crippen molar-refractivity contribution in [1.82, 2.24) is 9.80 Å². The van der Waals surface area contributed by atoms with Crippen LogP contribution in [0.25, 0.3) is 0 Å². The second kappa shape index (κ2) is 11.2. The monoisotopic (exact) mass is 429 g/mol. The second-order valence-electron chi connectivity index (χ2n) is 7.34. The standard InChI is InChI=1S/C23H31N3O5/c1-16-10-20(30-5)21(31-6)11-17(16)13-25(2)15-23(28)26(3)14-22(27)24-18-8-7-9-19(12-18)29-4/h7-12H,13-15H2,1-6H3,(H,24,27). The molecule has 0 saturated carbocycles. The van der Waals surface area contributed by atoms with Crippen molar-refractivity contribution < 1.29 is 23.8 Å². The third-order valence-corrected chi connectivity index (χ3v) is 4.85. The van der Waals surface area contributed by atoms with Crippen molar-refractivity contribution in [3.8, 4) is 17.2 Å². The number of carbonyl (C=O) groups is 2. The highest BCUT2D eigenvalue weighted by Crippen LogP contribution is 2.30. The van der Waals surface area contributed by atoms with Crippen molar-refractivity contribution in [2.24, 2.45) is 0 Å². The lowest BCUT2D eigenvalue weighted by Gasteiger charge is -2.23. The molecule has 31 heavy (non-hydrogen) atoms. The van der Waals surface area contributed by atoms with Crippen molar-refractivity contribution in [1.29, 1.82) is 0 Å². The van der Waals surface area contributed by atoms with E-state index >= 15 is 0 Å². The number of hydrogen-bond acceptors (Lipinski definition) is 6. The van der Waals surface area contributed by atoms with Gasteiger partial charge in [0.1, 0.15) is 5.75 Å². The Balaban J connectivity index is 1.91. The summed E-state index contributed by atoms with van der Waals surface area (Å²) in [6, 6.07) is 10.9. The Morgan fingerprint density at radius 3 is 2.26 bits per heavy atom. The molecule has 0 unspecified atom stereocenters. The van der Waals surface area contributed by atoms with E-state index in [4.69, 9.17) is 14.2 Å². The Hall–Kier alpha value is -3.26. The number of methoxy groups -OCH3 is 3. The number of benzene rings is 2. The zero-order valence-corrected chi connectivity index (χ0v) is 19.0. The van der Waals surface area contributed by atoms with Gasteiger partial charge < -0.3 is 24.4 Å². The van der Waals surface area contributed by atoms with Crippen LogP contribution < -0.4 is 19.5 Å². The van der Waals surface area contributed by atoms with E-state index in [-0.39, 0.29) is 24.9 Å². The zero-order chi connectivity index (χ0) is 23.0. The first-order valence-electron chi connectivity index (χ1n) is 9.85. The molecule has 0 heterocycles. The Morgan fingerprint density at radius 1 is 0.935 bits per heavy atom. The molecule has 8 nitrogen and oxygen atoms in total. The minimum absolute atomic E-state index is 0.0424. The van der Waals surface area contributed by atoms with E-state index in [2.05, 4.69) is 5.32 Å². The molecular weight excluding hydrogens is 398 g/mol. The number of ether oxygens (including phenoxy) is 3. The summed E-state index contributed by atoms with van der Waals surface area (Å²) in [6.07, 6.45) is 0. The van der Waals surface area contributed by atoms with Gasteiger partial charge in [0.05, 0.1) is 34.4 Å². The van der Waals surface area contributed by atoms with Crippen LogP contribution in [-0.4, -0.2) is 70.1 Å². The van der Waals surface area contributed by atoms with Gasteiger partial charge in [-0.25, -0.2) is 0 Å². The Kier molecular flexibility index (Phi) is 8.69. The van der Waals surface area contributed by atoms with E-state index in [1.807, 2.05) is 31.0 Å². The Bertz CT molecular complexity index is 916. The molecule has 0 aromatic heterocycles. The quantitative estimate of drug-likeness (QED) is 0.625. The molecular formula is C23H31N3O5. The molecule has 8 heteroatoms. The molecule has 2 rings (SSSR count). The van der Waals surface area contributed by atoms with Crippen LogP contribution in [0, 0.1) is 6.92 Å². The number of anilines is 1. The highest BCUT2D eigenvalue weighted by Gasteiger charge is 2.17. The number of nitrogens with zero attached hydrogens (tertiary/aromatic N) is 2. The summed E-state index contributed by atoms with van der Waals surface area (Å²) in [6.45, 7) is 2.68. The van der Waals surface area contributed by atoms with E-state index in [1.54, 1.807) is 52.6 Å². The van der Waals surface area contributed by atoms with E-state index in [1.165, 1.54) is 4.90 Å². The predicted molar refractivity (Wildman–Crippen MR) is 120 cm³/mol. The fraction of sp³-hybridized carbons (Fsp3) is 0.391. The molecule has 0 aliphatic heterocycles. The fourth-order valence-corrected chi connectivity index (χ4v) is 3.10. The van der Waals surface area contributed by atoms with Gasteiger partial charge in [-0.3, -0.25) is 14.5 Å². The van der Waals surface area contributed by atoms with Crippen LogP contribution in [0.1, 0.15) is 11.1 Å². The lowest BCUT2D eigenvalue weighted by atomic mass is 10.1. The van der Waals surface area contributed by atoms with Gasteiger partial charge in [-0.2, -0.15) is 0 Å². The molecule has 168 valence electrons. The van der Waals surface area contributed by atoms with Gasteiger partial charge in [0.25, 0.3) is 0 Å². The first kappa shape index (κ1) is 24.0. The summed E-state index contributed by atoms with van der Waals surface area (Å²) in [5.74, 6) is 1.54. The molecule has 0 saturated heterocycles. The number of nitrogens with one attached hydrogen (secondary N) is 1. The minimum Gasteiger partial charge on any atom is -0.497 e. The number of rotatable bonds is 10. The minimum atomic E-state index is -0.275. The number of likely N-dealkylation sites (N-methyl/N-ethyl adjacent to an activating group) is 2. The molecule has 1 N–H and O–H groups in total. The summed E-state index contributed by atoms with van der Waals surface area (Å²) in [4.78, 5) is 28.2. The normalized spacial score (nSPS) is 10.5. The van der Waals surface area contributed by atoms with Crippen LogP contribution >= 0.6 is 0 Å². The lowest BCUT2D eigenvalue weighted by Crippen LogP contribution is -2.40. The van der Waals surface area contributed by atoms with Gasteiger partial charge in [0.2, 0.25) is 11.8 Å². The SMILES string of the molecule is COc1cccc(NC(=O)CN(C)C(=O)CN(C)Cc2cc(OC)c(OC)cc2C)c1. The van der Waals surface area contributed by atoms with E-state index < -0.39 is 0 Å². The molecule has 0 atom stereocenters. The first-order chi connectivity index (χ1) is 14.8. The first-order valence-corrected chi connectivity index (χ1v) is 9.85. The van der Waals surface area contributed by atoms with Crippen LogP contribution in [0.2, 0.25) is 0 Å². The van der Waals surface area contributed by atoms with E-state index in [0.717, 1.165) is 11.1 Å². The highest BCUT2D eigenvalue weighted by molar-refractivity contribution is 5.94. The second-order valence-corrected chi connectivity index (χ2v) is 7.34. The number of aryl methyl sites for hydroxylation is 1. The number of hydrogen-bond donors (Lipinski definition) is 1. The molecule has 0 spiro atoms. The van der Waals surface area contributed by atoms with Crippen molar-refractivity contribution in [2.45, 2.75) is 13.5 Å². The topological polar surface area (TPSA) is 80.3 Å². The smallest absolute Gasteiger partial charge is 0.243 e. The Labute approximate surface area is 183 Å². The van der Waals surface area contributed by atoms with Crippen LogP contribution in [0.15, 0.2) is 36.4 Å². The van der Waals surface area contributed by atoms with Crippen molar-refractivity contribution in [3.63, 3.8) is 0 Å². The third-order valence-electron chi connectivity index (χ3n) is 4.85. The van der Waals surface area contributed by atoms with Crippen molar-refractivity contribution in [3.05, 3.63) is 47.5 Å². The van der Waals surface area contributed by atoms with Gasteiger partial charge in [0, 0.05) is 25.3 Å². The predicted octanol–water partition coefficient (Wildman–Crippen LogP) is 2.55. The maximum absolute atomic E-state index is 12.6. The molecule has 0 aliphatic carbocycles.